The van der Waals surface area contributed by atoms with E-state index in [1.807, 2.05) is 0 Å². The lowest BCUT2D eigenvalue weighted by molar-refractivity contribution is -0.136. The third-order valence-corrected chi connectivity index (χ3v) is 3.64. The Morgan fingerprint density at radius 3 is 2.29 bits per heavy atom. The smallest absolute Gasteiger partial charge is 0.389 e. The third kappa shape index (κ3) is 6.15. The molecule has 0 amide bonds. The number of benzene rings is 2. The zero-order valence-corrected chi connectivity index (χ0v) is 14.7. The summed E-state index contributed by atoms with van der Waals surface area (Å²) in [6.07, 6.45) is -5.32. The van der Waals surface area contributed by atoms with E-state index in [9.17, 15) is 22.8 Å². The van der Waals surface area contributed by atoms with Gasteiger partial charge in [0.25, 0.3) is 0 Å². The van der Waals surface area contributed by atoms with Crippen LogP contribution in [0.25, 0.3) is 5.57 Å². The molecular formula is C20H17F3O5. The normalized spacial score (nSPS) is 11.0. The first-order valence-corrected chi connectivity index (χ1v) is 8.21. The summed E-state index contributed by atoms with van der Waals surface area (Å²) >= 11 is 0. The quantitative estimate of drug-likeness (QED) is 0.303. The molecule has 0 saturated carbocycles. The van der Waals surface area contributed by atoms with E-state index in [-0.39, 0.29) is 35.5 Å². The first-order chi connectivity index (χ1) is 13.2. The van der Waals surface area contributed by atoms with Gasteiger partial charge in [0.2, 0.25) is 0 Å². The van der Waals surface area contributed by atoms with E-state index >= 15 is 0 Å². The monoisotopic (exact) mass is 394 g/mol. The van der Waals surface area contributed by atoms with Gasteiger partial charge < -0.3 is 14.6 Å². The molecule has 28 heavy (non-hydrogen) atoms. The number of carboxylic acids is 1. The van der Waals surface area contributed by atoms with Gasteiger partial charge in [-0.1, -0.05) is 24.8 Å². The van der Waals surface area contributed by atoms with Crippen molar-refractivity contribution < 1.29 is 37.3 Å². The number of alkyl halides is 3. The van der Waals surface area contributed by atoms with Crippen LogP contribution < -0.4 is 9.47 Å². The standard InChI is InChI=1S/C20H17F3O5/c1-13(18(24)25)16-5-2-3-6-17(16)28-19(26)14-7-9-15(10-8-14)27-12-4-11-20(21,22)23/h2-3,5-10H,1,4,11-12H2,(H,24,25). The summed E-state index contributed by atoms with van der Waals surface area (Å²) in [6.45, 7) is 3.35. The average molecular weight is 394 g/mol. The molecule has 0 aliphatic heterocycles. The minimum Gasteiger partial charge on any atom is -0.494 e. The fourth-order valence-electron chi connectivity index (χ4n) is 2.23. The van der Waals surface area contributed by atoms with Gasteiger partial charge in [0.15, 0.2) is 0 Å². The number of para-hydroxylation sites is 1. The Morgan fingerprint density at radius 2 is 1.68 bits per heavy atom. The summed E-state index contributed by atoms with van der Waals surface area (Å²) in [5.74, 6) is -1.60. The Bertz CT molecular complexity index is 857. The summed E-state index contributed by atoms with van der Waals surface area (Å²) in [4.78, 5) is 23.4. The van der Waals surface area contributed by atoms with Crippen molar-refractivity contribution >= 4 is 17.5 Å². The number of carbonyl (C=O) groups excluding carboxylic acids is 1. The van der Waals surface area contributed by atoms with E-state index in [1.54, 1.807) is 12.1 Å². The van der Waals surface area contributed by atoms with Gasteiger partial charge >= 0.3 is 18.1 Å². The Morgan fingerprint density at radius 1 is 1.04 bits per heavy atom. The maximum Gasteiger partial charge on any atom is 0.389 e. The molecule has 0 saturated heterocycles. The Labute approximate surface area is 159 Å². The van der Waals surface area contributed by atoms with Gasteiger partial charge in [0, 0.05) is 12.0 Å². The first kappa shape index (κ1) is 21.0. The maximum absolute atomic E-state index is 12.3. The van der Waals surface area contributed by atoms with Crippen LogP contribution in [0.1, 0.15) is 28.8 Å². The molecule has 5 nitrogen and oxygen atoms in total. The maximum atomic E-state index is 12.3. The molecule has 0 unspecified atom stereocenters. The molecule has 0 aromatic heterocycles. The molecule has 0 fully saturated rings. The molecule has 0 heterocycles. The largest absolute Gasteiger partial charge is 0.494 e. The lowest BCUT2D eigenvalue weighted by Gasteiger charge is -2.11. The molecule has 2 rings (SSSR count). The van der Waals surface area contributed by atoms with Crippen molar-refractivity contribution in [1.29, 1.82) is 0 Å². The van der Waals surface area contributed by atoms with Gasteiger partial charge in [-0.15, -0.1) is 0 Å². The number of hydrogen-bond acceptors (Lipinski definition) is 4. The minimum atomic E-state index is -4.22. The van der Waals surface area contributed by atoms with Crippen LogP contribution in [0.4, 0.5) is 13.2 Å². The van der Waals surface area contributed by atoms with E-state index in [0.29, 0.717) is 5.75 Å². The van der Waals surface area contributed by atoms with Crippen molar-refractivity contribution in [2.45, 2.75) is 19.0 Å². The van der Waals surface area contributed by atoms with E-state index in [0.717, 1.165) is 0 Å². The van der Waals surface area contributed by atoms with E-state index in [1.165, 1.54) is 36.4 Å². The van der Waals surface area contributed by atoms with Crippen LogP contribution in [-0.4, -0.2) is 29.8 Å². The number of carboxylic acid groups (broad SMARTS) is 1. The lowest BCUT2D eigenvalue weighted by atomic mass is 10.1. The average Bonchev–Trinajstić information content (AvgIpc) is 2.64. The molecule has 148 valence electrons. The van der Waals surface area contributed by atoms with Gasteiger partial charge in [-0.05, 0) is 36.8 Å². The number of aliphatic carboxylic acids is 1. The van der Waals surface area contributed by atoms with Crippen LogP contribution in [0.2, 0.25) is 0 Å². The zero-order chi connectivity index (χ0) is 20.7. The number of rotatable bonds is 8. The van der Waals surface area contributed by atoms with Crippen molar-refractivity contribution in [2.75, 3.05) is 6.61 Å². The third-order valence-electron chi connectivity index (χ3n) is 3.64. The molecule has 0 radical (unpaired) electrons. The van der Waals surface area contributed by atoms with Gasteiger partial charge in [-0.25, -0.2) is 9.59 Å². The summed E-state index contributed by atoms with van der Waals surface area (Å²) < 4.78 is 46.7. The topological polar surface area (TPSA) is 72.8 Å². The van der Waals surface area contributed by atoms with Gasteiger partial charge in [0.05, 0.1) is 17.7 Å². The molecule has 2 aromatic carbocycles. The second-order valence-electron chi connectivity index (χ2n) is 5.76. The Kier molecular flexibility index (Phi) is 6.81. The summed E-state index contributed by atoms with van der Waals surface area (Å²) in [7, 11) is 0. The van der Waals surface area contributed by atoms with Crippen LogP contribution in [0, 0.1) is 0 Å². The molecular weight excluding hydrogens is 377 g/mol. The molecule has 1 N–H and O–H groups in total. The molecule has 0 spiro atoms. The first-order valence-electron chi connectivity index (χ1n) is 8.21. The molecule has 0 aliphatic carbocycles. The van der Waals surface area contributed by atoms with Crippen LogP contribution in [0.15, 0.2) is 55.1 Å². The van der Waals surface area contributed by atoms with E-state index < -0.39 is 24.5 Å². The van der Waals surface area contributed by atoms with Crippen molar-refractivity contribution in [3.05, 3.63) is 66.2 Å². The number of ether oxygens (including phenoxy) is 2. The predicted molar refractivity (Wildman–Crippen MR) is 95.3 cm³/mol. The molecule has 0 bridgehead atoms. The molecule has 0 atom stereocenters. The number of hydrogen-bond donors (Lipinski definition) is 1. The number of esters is 1. The second kappa shape index (κ2) is 9.07. The Hall–Kier alpha value is -3.29. The second-order valence-corrected chi connectivity index (χ2v) is 5.76. The highest BCUT2D eigenvalue weighted by Crippen LogP contribution is 2.26. The summed E-state index contributed by atoms with van der Waals surface area (Å²) in [5.41, 5.74) is 0.123. The molecule has 2 aromatic rings. The van der Waals surface area contributed by atoms with Crippen molar-refractivity contribution in [3.63, 3.8) is 0 Å². The predicted octanol–water partition coefficient (Wildman–Crippen LogP) is 4.72. The number of halogens is 3. The highest BCUT2D eigenvalue weighted by Gasteiger charge is 2.26. The fourth-order valence-corrected chi connectivity index (χ4v) is 2.23. The zero-order valence-electron chi connectivity index (χ0n) is 14.7. The summed E-state index contributed by atoms with van der Waals surface area (Å²) in [5, 5.41) is 9.06. The van der Waals surface area contributed by atoms with Crippen LogP contribution in [-0.2, 0) is 4.79 Å². The summed E-state index contributed by atoms with van der Waals surface area (Å²) in [6, 6.07) is 11.8. The minimum absolute atomic E-state index is 0.0485. The van der Waals surface area contributed by atoms with E-state index in [4.69, 9.17) is 14.6 Å². The van der Waals surface area contributed by atoms with Crippen LogP contribution >= 0.6 is 0 Å². The van der Waals surface area contributed by atoms with Crippen LogP contribution in [0.5, 0.6) is 11.5 Å². The van der Waals surface area contributed by atoms with Crippen molar-refractivity contribution in [3.8, 4) is 11.5 Å². The van der Waals surface area contributed by atoms with Crippen LogP contribution in [0.3, 0.4) is 0 Å². The molecule has 0 aliphatic rings. The van der Waals surface area contributed by atoms with Gasteiger partial charge in [-0.2, -0.15) is 13.2 Å². The highest BCUT2D eigenvalue weighted by atomic mass is 19.4. The SMILES string of the molecule is C=C(C(=O)O)c1ccccc1OC(=O)c1ccc(OCCCC(F)(F)F)cc1. The van der Waals surface area contributed by atoms with Gasteiger partial charge in [0.1, 0.15) is 11.5 Å². The Balaban J connectivity index is 1.99. The van der Waals surface area contributed by atoms with Crippen molar-refractivity contribution in [1.82, 2.24) is 0 Å². The van der Waals surface area contributed by atoms with E-state index in [2.05, 4.69) is 6.58 Å². The van der Waals surface area contributed by atoms with Gasteiger partial charge in [-0.3, -0.25) is 0 Å². The fraction of sp³-hybridized carbons (Fsp3) is 0.200. The lowest BCUT2D eigenvalue weighted by Crippen LogP contribution is -2.11. The number of carbonyl (C=O) groups is 2. The highest BCUT2D eigenvalue weighted by molar-refractivity contribution is 6.15. The molecule has 8 heteroatoms. The van der Waals surface area contributed by atoms with Crippen molar-refractivity contribution in [2.24, 2.45) is 0 Å².